The highest BCUT2D eigenvalue weighted by molar-refractivity contribution is 6.08. The fourth-order valence-corrected chi connectivity index (χ4v) is 2.51. The van der Waals surface area contributed by atoms with Gasteiger partial charge in [0.15, 0.2) is 0 Å². The molecule has 0 spiro atoms. The summed E-state index contributed by atoms with van der Waals surface area (Å²) in [4.78, 5) is 25.0. The molecule has 1 aromatic carbocycles. The summed E-state index contributed by atoms with van der Waals surface area (Å²) in [5.74, 6) is 4.06. The fraction of sp³-hybridized carbons (Fsp3) is 0.333. The number of amides is 2. The Morgan fingerprint density at radius 2 is 2.00 bits per heavy atom. The van der Waals surface area contributed by atoms with Gasteiger partial charge in [0, 0.05) is 5.56 Å². The molecule has 102 valence electrons. The molecule has 1 saturated heterocycles. The van der Waals surface area contributed by atoms with Crippen molar-refractivity contribution in [1.82, 2.24) is 4.90 Å². The minimum absolute atomic E-state index is 0.111. The number of nitrogens with zero attached hydrogens (tertiary/aromatic N) is 1. The maximum absolute atomic E-state index is 13.2. The number of benzene rings is 1. The lowest BCUT2D eigenvalue weighted by Gasteiger charge is -2.17. The second kappa shape index (κ2) is 4.73. The van der Waals surface area contributed by atoms with E-state index in [0.29, 0.717) is 17.5 Å². The highest BCUT2D eigenvalue weighted by atomic mass is 19.1. The smallest absolute Gasteiger partial charge is 0.233 e. The van der Waals surface area contributed by atoms with E-state index in [4.69, 9.17) is 5.11 Å². The number of fused-ring (bicyclic) bond motifs is 1. The van der Waals surface area contributed by atoms with Gasteiger partial charge in [-0.1, -0.05) is 17.9 Å². The van der Waals surface area contributed by atoms with E-state index >= 15 is 0 Å². The SMILES string of the molecule is O=C1C2CC2C(=O)N1Cc1ccc(F)cc1C#CCO. The molecule has 2 aliphatic rings. The van der Waals surface area contributed by atoms with Crippen molar-refractivity contribution in [3.05, 3.63) is 35.1 Å². The summed E-state index contributed by atoms with van der Waals surface area (Å²) in [5, 5.41) is 8.71. The number of rotatable bonds is 2. The van der Waals surface area contributed by atoms with Crippen LogP contribution >= 0.6 is 0 Å². The minimum atomic E-state index is -0.446. The van der Waals surface area contributed by atoms with Crippen LogP contribution in [0.1, 0.15) is 17.5 Å². The Bertz CT molecular complexity index is 639. The summed E-state index contributed by atoms with van der Waals surface area (Å²) in [7, 11) is 0. The number of aliphatic hydroxyl groups is 1. The number of piperidine rings is 1. The molecule has 1 aliphatic carbocycles. The molecule has 2 atom stereocenters. The van der Waals surface area contributed by atoms with Crippen molar-refractivity contribution in [2.75, 3.05) is 6.61 Å². The summed E-state index contributed by atoms with van der Waals surface area (Å²) in [6.45, 7) is -0.220. The lowest BCUT2D eigenvalue weighted by atomic mass is 10.1. The van der Waals surface area contributed by atoms with Gasteiger partial charge in [-0.2, -0.15) is 0 Å². The third kappa shape index (κ3) is 2.08. The molecule has 1 saturated carbocycles. The quantitative estimate of drug-likeness (QED) is 0.636. The molecule has 1 aliphatic heterocycles. The van der Waals surface area contributed by atoms with E-state index in [1.165, 1.54) is 23.1 Å². The van der Waals surface area contributed by atoms with Gasteiger partial charge < -0.3 is 5.11 Å². The van der Waals surface area contributed by atoms with Gasteiger partial charge in [0.1, 0.15) is 12.4 Å². The zero-order valence-electron chi connectivity index (χ0n) is 10.6. The predicted octanol–water partition coefficient (Wildman–Crippen LogP) is 0.674. The number of carbonyl (C=O) groups excluding carboxylic acids is 2. The van der Waals surface area contributed by atoms with Crippen molar-refractivity contribution in [2.24, 2.45) is 11.8 Å². The lowest BCUT2D eigenvalue weighted by molar-refractivity contribution is -0.142. The second-order valence-electron chi connectivity index (χ2n) is 4.97. The topological polar surface area (TPSA) is 57.6 Å². The van der Waals surface area contributed by atoms with Crippen LogP contribution < -0.4 is 0 Å². The van der Waals surface area contributed by atoms with Gasteiger partial charge in [0.05, 0.1) is 18.4 Å². The first-order chi connectivity index (χ1) is 9.61. The van der Waals surface area contributed by atoms with E-state index in [9.17, 15) is 14.0 Å². The van der Waals surface area contributed by atoms with Crippen molar-refractivity contribution in [3.8, 4) is 11.8 Å². The number of halogens is 1. The molecule has 2 unspecified atom stereocenters. The molecule has 2 amide bonds. The molecule has 3 rings (SSSR count). The maximum atomic E-state index is 13.2. The Labute approximate surface area is 115 Å². The van der Waals surface area contributed by atoms with Gasteiger partial charge in [-0.05, 0) is 24.1 Å². The highest BCUT2D eigenvalue weighted by Gasteiger charge is 2.58. The van der Waals surface area contributed by atoms with Gasteiger partial charge in [-0.25, -0.2) is 4.39 Å². The van der Waals surface area contributed by atoms with Gasteiger partial charge in [0.25, 0.3) is 0 Å². The molecule has 0 aromatic heterocycles. The summed E-state index contributed by atoms with van der Waals surface area (Å²) in [6.07, 6.45) is 0.661. The molecule has 1 N–H and O–H groups in total. The molecule has 1 aromatic rings. The molecular formula is C15H12FNO3. The third-order valence-electron chi connectivity index (χ3n) is 3.66. The number of aliphatic hydroxyl groups excluding tert-OH is 1. The van der Waals surface area contributed by atoms with E-state index in [2.05, 4.69) is 11.8 Å². The van der Waals surface area contributed by atoms with Crippen LogP contribution in [0.2, 0.25) is 0 Å². The van der Waals surface area contributed by atoms with Gasteiger partial charge in [0.2, 0.25) is 11.8 Å². The summed E-state index contributed by atoms with van der Waals surface area (Å²) in [5.41, 5.74) is 0.996. The molecule has 20 heavy (non-hydrogen) atoms. The van der Waals surface area contributed by atoms with Crippen LogP contribution in [-0.2, 0) is 16.1 Å². The van der Waals surface area contributed by atoms with Crippen LogP contribution in [0.3, 0.4) is 0 Å². The van der Waals surface area contributed by atoms with E-state index in [-0.39, 0.29) is 36.8 Å². The van der Waals surface area contributed by atoms with Crippen LogP contribution in [0.5, 0.6) is 0 Å². The molecule has 5 heteroatoms. The average Bonchev–Trinajstić information content (AvgIpc) is 3.18. The molecule has 0 radical (unpaired) electrons. The minimum Gasteiger partial charge on any atom is -0.384 e. The number of carbonyl (C=O) groups is 2. The molecule has 0 bridgehead atoms. The molecule has 4 nitrogen and oxygen atoms in total. The summed E-state index contributed by atoms with van der Waals surface area (Å²) in [6, 6.07) is 4.02. The number of hydrogen-bond acceptors (Lipinski definition) is 3. The molecule has 2 fully saturated rings. The van der Waals surface area contributed by atoms with Gasteiger partial charge in [-0.15, -0.1) is 0 Å². The van der Waals surface area contributed by atoms with E-state index in [1.807, 2.05) is 0 Å². The van der Waals surface area contributed by atoms with E-state index < -0.39 is 5.82 Å². The van der Waals surface area contributed by atoms with E-state index in [1.54, 1.807) is 0 Å². The van der Waals surface area contributed by atoms with Crippen molar-refractivity contribution in [3.63, 3.8) is 0 Å². The Morgan fingerprint density at radius 3 is 2.65 bits per heavy atom. The third-order valence-corrected chi connectivity index (χ3v) is 3.66. The van der Waals surface area contributed by atoms with Crippen molar-refractivity contribution >= 4 is 11.8 Å². The largest absolute Gasteiger partial charge is 0.384 e. The fourth-order valence-electron chi connectivity index (χ4n) is 2.51. The van der Waals surface area contributed by atoms with Crippen LogP contribution in [0.4, 0.5) is 4.39 Å². The number of likely N-dealkylation sites (tertiary alicyclic amines) is 1. The average molecular weight is 273 g/mol. The molecule has 1 heterocycles. The summed E-state index contributed by atoms with van der Waals surface area (Å²) < 4.78 is 13.2. The van der Waals surface area contributed by atoms with Crippen LogP contribution in [0.15, 0.2) is 18.2 Å². The Balaban J connectivity index is 1.87. The second-order valence-corrected chi connectivity index (χ2v) is 4.97. The van der Waals surface area contributed by atoms with Gasteiger partial charge in [-0.3, -0.25) is 14.5 Å². The first-order valence-electron chi connectivity index (χ1n) is 6.35. The van der Waals surface area contributed by atoms with Crippen LogP contribution in [-0.4, -0.2) is 28.4 Å². The highest BCUT2D eigenvalue weighted by Crippen LogP contribution is 2.47. The van der Waals surface area contributed by atoms with Crippen molar-refractivity contribution in [2.45, 2.75) is 13.0 Å². The Hall–Kier alpha value is -2.19. The van der Waals surface area contributed by atoms with Crippen molar-refractivity contribution < 1.29 is 19.1 Å². The number of hydrogen-bond donors (Lipinski definition) is 1. The van der Waals surface area contributed by atoms with Crippen molar-refractivity contribution in [1.29, 1.82) is 0 Å². The predicted molar refractivity (Wildman–Crippen MR) is 67.5 cm³/mol. The Morgan fingerprint density at radius 1 is 1.30 bits per heavy atom. The standard InChI is InChI=1S/C15H12FNO3/c16-11-4-3-10(9(6-11)2-1-5-18)8-17-14(19)12-7-13(12)15(17)20/h3-4,6,12-13,18H,5,7-8H2. The zero-order valence-corrected chi connectivity index (χ0v) is 10.6. The first kappa shape index (κ1) is 12.8. The number of imide groups is 1. The normalized spacial score (nSPS) is 23.4. The maximum Gasteiger partial charge on any atom is 0.233 e. The van der Waals surface area contributed by atoms with E-state index in [0.717, 1.165) is 0 Å². The lowest BCUT2D eigenvalue weighted by Crippen LogP contribution is -2.32. The van der Waals surface area contributed by atoms with Crippen LogP contribution in [0.25, 0.3) is 0 Å². The summed E-state index contributed by atoms with van der Waals surface area (Å²) >= 11 is 0. The van der Waals surface area contributed by atoms with Gasteiger partial charge >= 0.3 is 0 Å². The first-order valence-corrected chi connectivity index (χ1v) is 6.35. The Kier molecular flexibility index (Phi) is 3.03. The van der Waals surface area contributed by atoms with Crippen LogP contribution in [0, 0.1) is 29.5 Å². The monoisotopic (exact) mass is 273 g/mol. The molecular weight excluding hydrogens is 261 g/mol. The zero-order chi connectivity index (χ0) is 14.3.